The van der Waals surface area contributed by atoms with Gasteiger partial charge in [0.15, 0.2) is 11.6 Å². The van der Waals surface area contributed by atoms with E-state index in [0.717, 1.165) is 48.0 Å². The van der Waals surface area contributed by atoms with Crippen LogP contribution in [-0.4, -0.2) is 56.7 Å². The van der Waals surface area contributed by atoms with Gasteiger partial charge in [-0.25, -0.2) is 4.98 Å². The van der Waals surface area contributed by atoms with Crippen LogP contribution in [0.15, 0.2) is 24.3 Å². The molecule has 0 amide bonds. The fraction of sp³-hybridized carbons (Fsp3) is 0.524. The third-order valence-electron chi connectivity index (χ3n) is 5.90. The number of rotatable bonds is 4. The summed E-state index contributed by atoms with van der Waals surface area (Å²) in [5.41, 5.74) is 2.38. The van der Waals surface area contributed by atoms with E-state index in [2.05, 4.69) is 46.2 Å². The second-order valence-electron chi connectivity index (χ2n) is 7.83. The Morgan fingerprint density at radius 3 is 2.66 bits per heavy atom. The van der Waals surface area contributed by atoms with E-state index in [1.165, 1.54) is 22.5 Å². The van der Waals surface area contributed by atoms with Crippen molar-refractivity contribution >= 4 is 16.3 Å². The maximum Gasteiger partial charge on any atom is 0.230 e. The van der Waals surface area contributed by atoms with Gasteiger partial charge in [0.05, 0.1) is 24.1 Å². The molecule has 1 unspecified atom stereocenters. The van der Waals surface area contributed by atoms with Gasteiger partial charge in [0.1, 0.15) is 0 Å². The lowest BCUT2D eigenvalue weighted by molar-refractivity contribution is -0.187. The molecule has 5 rings (SSSR count). The van der Waals surface area contributed by atoms with Gasteiger partial charge in [0.2, 0.25) is 10.8 Å². The molecule has 2 aliphatic heterocycles. The summed E-state index contributed by atoms with van der Waals surface area (Å²) in [6, 6.07) is 8.46. The Balaban J connectivity index is 1.53. The van der Waals surface area contributed by atoms with Crippen LogP contribution < -0.4 is 0 Å². The standard InChI is InChI=1S/C21H26N4O3S/c1-3-16-22-20-25(23-16)19(26)18(29-20)17(15-6-4-5-14(2)13-15)24-9-7-21(8-10-24)27-11-12-28-21/h4-6,13,17,26H,3,7-12H2,1-2H3. The molecule has 2 saturated heterocycles. The zero-order valence-electron chi connectivity index (χ0n) is 16.8. The average Bonchev–Trinajstić information content (AvgIpc) is 3.42. The number of hydrogen-bond acceptors (Lipinski definition) is 7. The molecular formula is C21H26N4O3S. The van der Waals surface area contributed by atoms with E-state index in [1.54, 1.807) is 4.52 Å². The summed E-state index contributed by atoms with van der Waals surface area (Å²) in [7, 11) is 0. The van der Waals surface area contributed by atoms with Gasteiger partial charge in [-0.2, -0.15) is 4.52 Å². The molecule has 154 valence electrons. The molecule has 1 atom stereocenters. The molecule has 2 fully saturated rings. The van der Waals surface area contributed by atoms with Gasteiger partial charge in [-0.05, 0) is 12.5 Å². The highest BCUT2D eigenvalue weighted by atomic mass is 32.1. The first kappa shape index (κ1) is 19.0. The highest BCUT2D eigenvalue weighted by Crippen LogP contribution is 2.43. The molecule has 1 spiro atoms. The van der Waals surface area contributed by atoms with Crippen LogP contribution in [0.4, 0.5) is 0 Å². The summed E-state index contributed by atoms with van der Waals surface area (Å²) in [6.07, 6.45) is 2.41. The third kappa shape index (κ3) is 3.34. The first-order valence-corrected chi connectivity index (χ1v) is 11.1. The highest BCUT2D eigenvalue weighted by molar-refractivity contribution is 7.17. The van der Waals surface area contributed by atoms with Crippen molar-refractivity contribution in [3.63, 3.8) is 0 Å². The molecule has 0 radical (unpaired) electrons. The number of hydrogen-bond donors (Lipinski definition) is 1. The molecule has 3 aromatic rings. The maximum atomic E-state index is 11.0. The molecule has 29 heavy (non-hydrogen) atoms. The van der Waals surface area contributed by atoms with Crippen molar-refractivity contribution < 1.29 is 14.6 Å². The van der Waals surface area contributed by atoms with Gasteiger partial charge in [-0.15, -0.1) is 5.10 Å². The SMILES string of the molecule is CCc1nc2sc(C(c3cccc(C)c3)N3CCC4(CC3)OCCO4)c(O)n2n1. The van der Waals surface area contributed by atoms with Crippen molar-refractivity contribution in [3.8, 4) is 5.88 Å². The molecule has 2 aliphatic rings. The number of piperidine rings is 1. The first-order valence-electron chi connectivity index (χ1n) is 10.2. The van der Waals surface area contributed by atoms with Crippen LogP contribution in [0.25, 0.3) is 4.96 Å². The van der Waals surface area contributed by atoms with Gasteiger partial charge in [-0.3, -0.25) is 4.90 Å². The second kappa shape index (κ2) is 7.36. The van der Waals surface area contributed by atoms with Crippen molar-refractivity contribution in [1.82, 2.24) is 19.5 Å². The lowest BCUT2D eigenvalue weighted by Gasteiger charge is -2.41. The zero-order chi connectivity index (χ0) is 20.0. The summed E-state index contributed by atoms with van der Waals surface area (Å²) in [5, 5.41) is 15.5. The predicted octanol–water partition coefficient (Wildman–Crippen LogP) is 3.30. The maximum absolute atomic E-state index is 11.0. The summed E-state index contributed by atoms with van der Waals surface area (Å²) < 4.78 is 13.4. The van der Waals surface area contributed by atoms with E-state index >= 15 is 0 Å². The Labute approximate surface area is 173 Å². The number of aromatic hydroxyl groups is 1. The Morgan fingerprint density at radius 1 is 1.24 bits per heavy atom. The molecule has 0 aliphatic carbocycles. The molecular weight excluding hydrogens is 388 g/mol. The van der Waals surface area contributed by atoms with Crippen molar-refractivity contribution in [2.75, 3.05) is 26.3 Å². The third-order valence-corrected chi connectivity index (χ3v) is 6.98. The van der Waals surface area contributed by atoms with Crippen molar-refractivity contribution in [2.45, 2.75) is 44.9 Å². The van der Waals surface area contributed by atoms with E-state index in [-0.39, 0.29) is 11.9 Å². The largest absolute Gasteiger partial charge is 0.492 e. The van der Waals surface area contributed by atoms with Gasteiger partial charge < -0.3 is 14.6 Å². The van der Waals surface area contributed by atoms with Crippen LogP contribution >= 0.6 is 11.3 Å². The minimum atomic E-state index is -0.419. The molecule has 7 nitrogen and oxygen atoms in total. The highest BCUT2D eigenvalue weighted by Gasteiger charge is 2.42. The number of aryl methyl sites for hydroxylation is 2. The lowest BCUT2D eigenvalue weighted by Crippen LogP contribution is -2.46. The van der Waals surface area contributed by atoms with Crippen LogP contribution in [0.2, 0.25) is 0 Å². The van der Waals surface area contributed by atoms with Gasteiger partial charge in [-0.1, -0.05) is 48.1 Å². The van der Waals surface area contributed by atoms with Crippen LogP contribution in [0, 0.1) is 6.92 Å². The minimum Gasteiger partial charge on any atom is -0.492 e. The summed E-state index contributed by atoms with van der Waals surface area (Å²) in [5.74, 6) is 0.523. The lowest BCUT2D eigenvalue weighted by atomic mass is 9.96. The fourth-order valence-corrected chi connectivity index (χ4v) is 5.53. The molecule has 1 aromatic carbocycles. The van der Waals surface area contributed by atoms with E-state index in [0.29, 0.717) is 13.2 Å². The summed E-state index contributed by atoms with van der Waals surface area (Å²) in [6.45, 7) is 7.15. The van der Waals surface area contributed by atoms with Crippen molar-refractivity contribution in [3.05, 3.63) is 46.1 Å². The molecule has 8 heteroatoms. The molecule has 0 saturated carbocycles. The number of aromatic nitrogens is 3. The van der Waals surface area contributed by atoms with Gasteiger partial charge >= 0.3 is 0 Å². The Kier molecular flexibility index (Phi) is 4.82. The summed E-state index contributed by atoms with van der Waals surface area (Å²) >= 11 is 1.52. The smallest absolute Gasteiger partial charge is 0.230 e. The van der Waals surface area contributed by atoms with Crippen LogP contribution in [0.3, 0.4) is 0 Å². The van der Waals surface area contributed by atoms with Gasteiger partial charge in [0.25, 0.3) is 0 Å². The van der Waals surface area contributed by atoms with Crippen LogP contribution in [-0.2, 0) is 15.9 Å². The van der Waals surface area contributed by atoms with Gasteiger partial charge in [0, 0.05) is 32.4 Å². The Bertz CT molecular complexity index is 1010. The quantitative estimate of drug-likeness (QED) is 0.706. The Hall–Kier alpha value is -2.00. The minimum absolute atomic E-state index is 0.0489. The number of ether oxygens (including phenoxy) is 2. The average molecular weight is 415 g/mol. The van der Waals surface area contributed by atoms with Crippen molar-refractivity contribution in [2.24, 2.45) is 0 Å². The van der Waals surface area contributed by atoms with E-state index in [1.807, 2.05) is 6.92 Å². The van der Waals surface area contributed by atoms with Crippen molar-refractivity contribution in [1.29, 1.82) is 0 Å². The molecule has 2 aromatic heterocycles. The first-order chi connectivity index (χ1) is 14.1. The number of likely N-dealkylation sites (tertiary alicyclic amines) is 1. The molecule has 4 heterocycles. The van der Waals surface area contributed by atoms with E-state index in [9.17, 15) is 5.11 Å². The monoisotopic (exact) mass is 414 g/mol. The molecule has 1 N–H and O–H groups in total. The second-order valence-corrected chi connectivity index (χ2v) is 8.84. The summed E-state index contributed by atoms with van der Waals surface area (Å²) in [4.78, 5) is 8.60. The molecule has 0 bridgehead atoms. The van der Waals surface area contributed by atoms with Crippen LogP contribution in [0.1, 0.15) is 47.6 Å². The number of fused-ring (bicyclic) bond motifs is 1. The zero-order valence-corrected chi connectivity index (χ0v) is 17.6. The number of thiazole rings is 1. The fourth-order valence-electron chi connectivity index (χ4n) is 4.40. The number of nitrogens with zero attached hydrogens (tertiary/aromatic N) is 4. The van der Waals surface area contributed by atoms with Crippen LogP contribution in [0.5, 0.6) is 5.88 Å². The topological polar surface area (TPSA) is 72.1 Å². The van der Waals surface area contributed by atoms with E-state index in [4.69, 9.17) is 9.47 Å². The van der Waals surface area contributed by atoms with E-state index < -0.39 is 5.79 Å². The Morgan fingerprint density at radius 2 is 2.00 bits per heavy atom. The normalized spacial score (nSPS) is 20.6. The number of benzene rings is 1. The predicted molar refractivity (Wildman–Crippen MR) is 110 cm³/mol.